The quantitative estimate of drug-likeness (QED) is 0.842. The summed E-state index contributed by atoms with van der Waals surface area (Å²) in [7, 11) is 0. The summed E-state index contributed by atoms with van der Waals surface area (Å²) in [5, 5.41) is 7.51. The molecule has 1 aromatic heterocycles. The first-order valence-corrected chi connectivity index (χ1v) is 9.53. The van der Waals surface area contributed by atoms with Gasteiger partial charge in [-0.05, 0) is 57.0 Å². The van der Waals surface area contributed by atoms with Crippen LogP contribution >= 0.6 is 0 Å². The van der Waals surface area contributed by atoms with Crippen molar-refractivity contribution in [1.29, 1.82) is 0 Å². The minimum Gasteiger partial charge on any atom is -0.339 e. The topological polar surface area (TPSA) is 50.2 Å². The molecule has 0 spiro atoms. The molecule has 5 nitrogen and oxygen atoms in total. The average molecular weight is 394 g/mol. The van der Waals surface area contributed by atoms with Crippen LogP contribution in [-0.4, -0.2) is 46.8 Å². The number of halogens is 3. The summed E-state index contributed by atoms with van der Waals surface area (Å²) in [5.74, 6) is 0.454. The first-order valence-electron chi connectivity index (χ1n) is 9.53. The number of alkyl halides is 3. The number of amides is 1. The lowest BCUT2D eigenvalue weighted by Gasteiger charge is -2.32. The zero-order chi connectivity index (χ0) is 20.3. The van der Waals surface area contributed by atoms with Crippen molar-refractivity contribution in [3.8, 4) is 5.69 Å². The SMILES string of the molecule is CCNCC1CCN(C(=O)c2cnn(-c3cccc(C(F)(F)F)c3)c2C)CC1. The number of hydrogen-bond donors (Lipinski definition) is 1. The highest BCUT2D eigenvalue weighted by Crippen LogP contribution is 2.30. The molecule has 0 radical (unpaired) electrons. The Hall–Kier alpha value is -2.35. The number of nitrogens with zero attached hydrogens (tertiary/aromatic N) is 3. The first-order chi connectivity index (χ1) is 13.3. The molecule has 1 saturated heterocycles. The highest BCUT2D eigenvalue weighted by atomic mass is 19.4. The van der Waals surface area contributed by atoms with E-state index in [4.69, 9.17) is 0 Å². The number of aromatic nitrogens is 2. The van der Waals surface area contributed by atoms with Crippen molar-refractivity contribution in [2.75, 3.05) is 26.2 Å². The molecule has 3 rings (SSSR count). The van der Waals surface area contributed by atoms with E-state index in [-0.39, 0.29) is 11.6 Å². The average Bonchev–Trinajstić information content (AvgIpc) is 3.07. The molecule has 0 atom stereocenters. The van der Waals surface area contributed by atoms with Crippen LogP contribution in [0, 0.1) is 12.8 Å². The summed E-state index contributed by atoms with van der Waals surface area (Å²) in [6.07, 6.45) is -1.09. The lowest BCUT2D eigenvalue weighted by Crippen LogP contribution is -2.40. The van der Waals surface area contributed by atoms with Crippen molar-refractivity contribution in [3.63, 3.8) is 0 Å². The number of nitrogens with one attached hydrogen (secondary N) is 1. The van der Waals surface area contributed by atoms with E-state index >= 15 is 0 Å². The van der Waals surface area contributed by atoms with Gasteiger partial charge in [0.05, 0.1) is 28.7 Å². The third kappa shape index (κ3) is 4.38. The molecule has 0 saturated carbocycles. The second-order valence-electron chi connectivity index (χ2n) is 7.15. The summed E-state index contributed by atoms with van der Waals surface area (Å²) in [6.45, 7) is 7.05. The fourth-order valence-electron chi connectivity index (χ4n) is 3.55. The summed E-state index contributed by atoms with van der Waals surface area (Å²) in [6, 6.07) is 4.96. The van der Waals surface area contributed by atoms with E-state index in [0.29, 0.717) is 30.3 Å². The summed E-state index contributed by atoms with van der Waals surface area (Å²) < 4.78 is 40.3. The predicted molar refractivity (Wildman–Crippen MR) is 100 cm³/mol. The van der Waals surface area contributed by atoms with E-state index in [1.54, 1.807) is 13.0 Å². The minimum absolute atomic E-state index is 0.113. The highest BCUT2D eigenvalue weighted by Gasteiger charge is 2.31. The van der Waals surface area contributed by atoms with Gasteiger partial charge < -0.3 is 10.2 Å². The summed E-state index contributed by atoms with van der Waals surface area (Å²) in [5.41, 5.74) is 0.521. The van der Waals surface area contributed by atoms with Crippen LogP contribution in [-0.2, 0) is 6.18 Å². The van der Waals surface area contributed by atoms with E-state index in [1.165, 1.54) is 16.9 Å². The van der Waals surface area contributed by atoms with Gasteiger partial charge >= 0.3 is 6.18 Å². The number of carbonyl (C=O) groups is 1. The van der Waals surface area contributed by atoms with Crippen molar-refractivity contribution < 1.29 is 18.0 Å². The van der Waals surface area contributed by atoms with Gasteiger partial charge in [-0.15, -0.1) is 0 Å². The molecule has 0 bridgehead atoms. The number of rotatable bonds is 5. The Labute approximate surface area is 162 Å². The molecule has 0 aliphatic carbocycles. The van der Waals surface area contributed by atoms with Crippen molar-refractivity contribution in [2.45, 2.75) is 32.9 Å². The maximum atomic E-state index is 13.0. The first kappa shape index (κ1) is 20.4. The van der Waals surface area contributed by atoms with Gasteiger partial charge in [-0.25, -0.2) is 4.68 Å². The Morgan fingerprint density at radius 2 is 2.00 bits per heavy atom. The second kappa shape index (κ2) is 8.34. The van der Waals surface area contributed by atoms with Gasteiger partial charge in [-0.2, -0.15) is 18.3 Å². The molecule has 2 heterocycles. The third-order valence-electron chi connectivity index (χ3n) is 5.24. The second-order valence-corrected chi connectivity index (χ2v) is 7.15. The molecule has 1 fully saturated rings. The number of likely N-dealkylation sites (tertiary alicyclic amines) is 1. The normalized spacial score (nSPS) is 15.8. The monoisotopic (exact) mass is 394 g/mol. The maximum Gasteiger partial charge on any atom is 0.416 e. The van der Waals surface area contributed by atoms with Crippen LogP contribution in [0.4, 0.5) is 13.2 Å². The lowest BCUT2D eigenvalue weighted by atomic mass is 9.96. The zero-order valence-electron chi connectivity index (χ0n) is 16.1. The van der Waals surface area contributed by atoms with Crippen molar-refractivity contribution >= 4 is 5.91 Å². The zero-order valence-corrected chi connectivity index (χ0v) is 16.1. The molecule has 28 heavy (non-hydrogen) atoms. The molecular weight excluding hydrogens is 369 g/mol. The molecule has 1 amide bonds. The fourth-order valence-corrected chi connectivity index (χ4v) is 3.55. The number of piperidine rings is 1. The van der Waals surface area contributed by atoms with Crippen molar-refractivity contribution in [3.05, 3.63) is 47.3 Å². The smallest absolute Gasteiger partial charge is 0.339 e. The van der Waals surface area contributed by atoms with E-state index in [9.17, 15) is 18.0 Å². The molecule has 1 aliphatic rings. The van der Waals surface area contributed by atoms with Crippen LogP contribution in [0.15, 0.2) is 30.5 Å². The highest BCUT2D eigenvalue weighted by molar-refractivity contribution is 5.95. The number of hydrogen-bond acceptors (Lipinski definition) is 3. The molecule has 1 aliphatic heterocycles. The van der Waals surface area contributed by atoms with Gasteiger partial charge in [0.2, 0.25) is 0 Å². The number of carbonyl (C=O) groups excluding carboxylic acids is 1. The molecule has 1 N–H and O–H groups in total. The fraction of sp³-hybridized carbons (Fsp3) is 0.500. The van der Waals surface area contributed by atoms with Crippen LogP contribution in [0.25, 0.3) is 5.69 Å². The minimum atomic E-state index is -4.42. The Balaban J connectivity index is 1.74. The maximum absolute atomic E-state index is 13.0. The van der Waals surface area contributed by atoms with Crippen LogP contribution in [0.1, 0.15) is 41.4 Å². The van der Waals surface area contributed by atoms with E-state index in [0.717, 1.165) is 38.1 Å². The van der Waals surface area contributed by atoms with Crippen LogP contribution < -0.4 is 5.32 Å². The van der Waals surface area contributed by atoms with Crippen LogP contribution in [0.5, 0.6) is 0 Å². The number of benzene rings is 1. The summed E-state index contributed by atoms with van der Waals surface area (Å²) >= 11 is 0. The van der Waals surface area contributed by atoms with Crippen LogP contribution in [0.3, 0.4) is 0 Å². The van der Waals surface area contributed by atoms with Crippen molar-refractivity contribution in [1.82, 2.24) is 20.0 Å². The molecule has 8 heteroatoms. The standard InChI is InChI=1S/C20H25F3N4O/c1-3-24-12-15-7-9-26(10-8-15)19(28)18-13-25-27(14(18)2)17-6-4-5-16(11-17)20(21,22)23/h4-6,11,13,15,24H,3,7-10,12H2,1-2H3. The Bertz CT molecular complexity index is 823. The Morgan fingerprint density at radius 3 is 2.64 bits per heavy atom. The third-order valence-corrected chi connectivity index (χ3v) is 5.24. The summed E-state index contributed by atoms with van der Waals surface area (Å²) in [4.78, 5) is 14.7. The molecular formula is C20H25F3N4O. The van der Waals surface area contributed by atoms with Gasteiger partial charge in [-0.3, -0.25) is 4.79 Å². The van der Waals surface area contributed by atoms with Gasteiger partial charge in [-0.1, -0.05) is 13.0 Å². The predicted octanol–water partition coefficient (Wildman–Crippen LogP) is 3.66. The molecule has 1 aromatic carbocycles. The molecule has 2 aromatic rings. The largest absolute Gasteiger partial charge is 0.416 e. The van der Waals surface area contributed by atoms with Gasteiger partial charge in [0, 0.05) is 13.1 Å². The van der Waals surface area contributed by atoms with E-state index < -0.39 is 11.7 Å². The van der Waals surface area contributed by atoms with E-state index in [2.05, 4.69) is 17.3 Å². The van der Waals surface area contributed by atoms with Gasteiger partial charge in [0.25, 0.3) is 5.91 Å². The molecule has 152 valence electrons. The Kier molecular flexibility index (Phi) is 6.07. The van der Waals surface area contributed by atoms with Gasteiger partial charge in [0.1, 0.15) is 0 Å². The van der Waals surface area contributed by atoms with E-state index in [1.807, 2.05) is 4.90 Å². The molecule has 0 unspecified atom stereocenters. The van der Waals surface area contributed by atoms with Crippen molar-refractivity contribution in [2.24, 2.45) is 5.92 Å². The Morgan fingerprint density at radius 1 is 1.29 bits per heavy atom. The van der Waals surface area contributed by atoms with Crippen LogP contribution in [0.2, 0.25) is 0 Å². The lowest BCUT2D eigenvalue weighted by molar-refractivity contribution is -0.137. The van der Waals surface area contributed by atoms with Gasteiger partial charge in [0.15, 0.2) is 0 Å².